The minimum Gasteiger partial charge on any atom is -0.0622 e. The summed E-state index contributed by atoms with van der Waals surface area (Å²) < 4.78 is 0. The van der Waals surface area contributed by atoms with E-state index in [0.717, 1.165) is 0 Å². The lowest BCUT2D eigenvalue weighted by Crippen LogP contribution is -2.49. The van der Waals surface area contributed by atoms with Crippen LogP contribution in [0.2, 0.25) is 0 Å². The van der Waals surface area contributed by atoms with Crippen molar-refractivity contribution >= 4 is 0 Å². The molecule has 0 saturated heterocycles. The lowest BCUT2D eigenvalue weighted by Gasteiger charge is -2.55. The molecule has 0 atom stereocenters. The van der Waals surface area contributed by atoms with Crippen LogP contribution < -0.4 is 0 Å². The van der Waals surface area contributed by atoms with Crippen molar-refractivity contribution in [3.05, 3.63) is 34.9 Å². The Kier molecular flexibility index (Phi) is 7.98. The number of rotatable bonds is 7. The Morgan fingerprint density at radius 2 is 0.909 bits per heavy atom. The molecule has 33 heavy (non-hydrogen) atoms. The van der Waals surface area contributed by atoms with Crippen LogP contribution in [0, 0.1) is 27.6 Å². The highest BCUT2D eigenvalue weighted by molar-refractivity contribution is 5.42. The van der Waals surface area contributed by atoms with Gasteiger partial charge in [-0.2, -0.15) is 0 Å². The minimum atomic E-state index is 0.0288. The van der Waals surface area contributed by atoms with E-state index >= 15 is 0 Å². The van der Waals surface area contributed by atoms with Gasteiger partial charge in [0.2, 0.25) is 0 Å². The molecule has 0 amide bonds. The second-order valence-electron chi connectivity index (χ2n) is 16.4. The molecule has 0 heterocycles. The zero-order valence-electron chi connectivity index (χ0n) is 26.0. The van der Waals surface area contributed by atoms with Gasteiger partial charge in [0, 0.05) is 0 Å². The monoisotopic (exact) mass is 456 g/mol. The average molecular weight is 457 g/mol. The maximum absolute atomic E-state index is 2.57. The van der Waals surface area contributed by atoms with Crippen LogP contribution in [0.15, 0.2) is 18.2 Å². The standard InChI is InChI=1S/C33H60/c1-23(2)30(11,12)33(17,18)32(15,16)26-20-24(28(6,7)8)19-25(21-26)31(13,14)29(9,10)22-27(3,4)5/h19-21,23H,22H2,1-18H3. The highest BCUT2D eigenvalue weighted by Gasteiger charge is 2.50. The summed E-state index contributed by atoms with van der Waals surface area (Å²) in [6, 6.07) is 7.61. The third-order valence-corrected chi connectivity index (χ3v) is 10.5. The molecule has 1 rings (SSSR count). The third-order valence-electron chi connectivity index (χ3n) is 10.5. The van der Waals surface area contributed by atoms with Crippen LogP contribution >= 0.6 is 0 Å². The molecule has 0 heteroatoms. The molecular weight excluding hydrogens is 396 g/mol. The first kappa shape index (κ1) is 30.3. The van der Waals surface area contributed by atoms with Crippen LogP contribution in [-0.4, -0.2) is 0 Å². The fourth-order valence-electron chi connectivity index (χ4n) is 5.61. The first-order valence-electron chi connectivity index (χ1n) is 13.4. The lowest BCUT2D eigenvalue weighted by atomic mass is 9.49. The van der Waals surface area contributed by atoms with Gasteiger partial charge in [-0.1, -0.05) is 143 Å². The van der Waals surface area contributed by atoms with Crippen molar-refractivity contribution in [1.29, 1.82) is 0 Å². The molecule has 0 aliphatic carbocycles. The first-order valence-corrected chi connectivity index (χ1v) is 13.4. The molecule has 0 N–H and O–H groups in total. The predicted molar refractivity (Wildman–Crippen MR) is 151 cm³/mol. The van der Waals surface area contributed by atoms with Crippen molar-refractivity contribution in [1.82, 2.24) is 0 Å². The molecule has 0 spiro atoms. The maximum Gasteiger partial charge on any atom is -0.00470 e. The Morgan fingerprint density at radius 1 is 0.545 bits per heavy atom. The Hall–Kier alpha value is -0.780. The fraction of sp³-hybridized carbons (Fsp3) is 0.818. The predicted octanol–water partition coefficient (Wildman–Crippen LogP) is 10.7. The van der Waals surface area contributed by atoms with Crippen LogP contribution in [0.5, 0.6) is 0 Å². The largest absolute Gasteiger partial charge is 0.0622 e. The summed E-state index contributed by atoms with van der Waals surface area (Å²) in [6.45, 7) is 43.7. The van der Waals surface area contributed by atoms with Crippen LogP contribution in [0.1, 0.15) is 148 Å². The average Bonchev–Trinajstić information content (AvgIpc) is 2.57. The summed E-state index contributed by atoms with van der Waals surface area (Å²) in [4.78, 5) is 0. The summed E-state index contributed by atoms with van der Waals surface area (Å²) in [5.41, 5.74) is 5.44. The summed E-state index contributed by atoms with van der Waals surface area (Å²) in [6.07, 6.45) is 1.19. The molecule has 0 bridgehead atoms. The van der Waals surface area contributed by atoms with E-state index in [4.69, 9.17) is 0 Å². The van der Waals surface area contributed by atoms with E-state index in [1.807, 2.05) is 0 Å². The van der Waals surface area contributed by atoms with E-state index in [0.29, 0.717) is 11.3 Å². The van der Waals surface area contributed by atoms with E-state index in [-0.39, 0.29) is 32.5 Å². The zero-order chi connectivity index (χ0) is 26.6. The highest BCUT2D eigenvalue weighted by atomic mass is 14.5. The molecule has 0 fully saturated rings. The topological polar surface area (TPSA) is 0 Å². The molecule has 0 radical (unpaired) electrons. The van der Waals surface area contributed by atoms with E-state index in [1.54, 1.807) is 0 Å². The maximum atomic E-state index is 2.57. The van der Waals surface area contributed by atoms with Gasteiger partial charge in [0.1, 0.15) is 0 Å². The lowest BCUT2D eigenvalue weighted by molar-refractivity contribution is -0.00759. The van der Waals surface area contributed by atoms with Crippen LogP contribution in [-0.2, 0) is 16.2 Å². The van der Waals surface area contributed by atoms with Crippen molar-refractivity contribution < 1.29 is 0 Å². The Morgan fingerprint density at radius 3 is 1.24 bits per heavy atom. The zero-order valence-corrected chi connectivity index (χ0v) is 26.0. The molecule has 192 valence electrons. The van der Waals surface area contributed by atoms with E-state index < -0.39 is 0 Å². The van der Waals surface area contributed by atoms with E-state index in [9.17, 15) is 0 Å². The quantitative estimate of drug-likeness (QED) is 0.382. The summed E-state index contributed by atoms with van der Waals surface area (Å²) in [7, 11) is 0. The second kappa shape index (κ2) is 8.71. The second-order valence-corrected chi connectivity index (χ2v) is 16.4. The summed E-state index contributed by atoms with van der Waals surface area (Å²) in [5, 5.41) is 0. The normalized spacial score (nSPS) is 15.4. The molecule has 0 unspecified atom stereocenters. The van der Waals surface area contributed by atoms with E-state index in [1.165, 1.54) is 23.1 Å². The molecular formula is C33H60. The molecule has 0 aromatic heterocycles. The highest BCUT2D eigenvalue weighted by Crippen LogP contribution is 2.57. The van der Waals surface area contributed by atoms with Gasteiger partial charge < -0.3 is 0 Å². The molecule has 0 nitrogen and oxygen atoms in total. The Labute approximate surface area is 209 Å². The van der Waals surface area contributed by atoms with Gasteiger partial charge in [-0.15, -0.1) is 0 Å². The van der Waals surface area contributed by atoms with Crippen molar-refractivity contribution in [3.8, 4) is 0 Å². The van der Waals surface area contributed by atoms with Crippen molar-refractivity contribution in [3.63, 3.8) is 0 Å². The van der Waals surface area contributed by atoms with Gasteiger partial charge in [0.05, 0.1) is 0 Å². The van der Waals surface area contributed by atoms with Crippen LogP contribution in [0.4, 0.5) is 0 Å². The van der Waals surface area contributed by atoms with Crippen molar-refractivity contribution in [2.45, 2.75) is 147 Å². The summed E-state index contributed by atoms with van der Waals surface area (Å²) >= 11 is 0. The molecule has 0 aliphatic heterocycles. The molecule has 1 aromatic rings. The van der Waals surface area contributed by atoms with Crippen LogP contribution in [0.3, 0.4) is 0 Å². The summed E-state index contributed by atoms with van der Waals surface area (Å²) in [5.74, 6) is 0.610. The molecule has 0 aliphatic rings. The van der Waals surface area contributed by atoms with Gasteiger partial charge in [-0.3, -0.25) is 0 Å². The SMILES string of the molecule is CC(C)C(C)(C)C(C)(C)C(C)(C)c1cc(C(C)(C)C)cc(C(C)(C)C(C)(C)CC(C)(C)C)c1. The van der Waals surface area contributed by atoms with Crippen molar-refractivity contribution in [2.24, 2.45) is 27.6 Å². The van der Waals surface area contributed by atoms with Crippen LogP contribution in [0.25, 0.3) is 0 Å². The number of hydrogen-bond donors (Lipinski definition) is 0. The Balaban J connectivity index is 3.88. The van der Waals surface area contributed by atoms with Gasteiger partial charge >= 0.3 is 0 Å². The smallest absolute Gasteiger partial charge is 0.00470 e. The molecule has 1 aromatic carbocycles. The number of benzene rings is 1. The molecule has 0 saturated carbocycles. The van der Waals surface area contributed by atoms with Gasteiger partial charge in [-0.05, 0) is 66.9 Å². The fourth-order valence-corrected chi connectivity index (χ4v) is 5.61. The van der Waals surface area contributed by atoms with Gasteiger partial charge in [0.15, 0.2) is 0 Å². The first-order chi connectivity index (χ1) is 14.2. The Bertz CT molecular complexity index is 811. The van der Waals surface area contributed by atoms with Crippen molar-refractivity contribution in [2.75, 3.05) is 0 Å². The van der Waals surface area contributed by atoms with E-state index in [2.05, 4.69) is 143 Å². The third kappa shape index (κ3) is 5.73. The van der Waals surface area contributed by atoms with Gasteiger partial charge in [0.25, 0.3) is 0 Å². The number of hydrogen-bond acceptors (Lipinski definition) is 0. The van der Waals surface area contributed by atoms with Gasteiger partial charge in [-0.25, -0.2) is 0 Å². The minimum absolute atomic E-state index is 0.0288.